The molecular formula is C12H24N2O2S. The Hall–Kier alpha value is -0.130. The van der Waals surface area contributed by atoms with Gasteiger partial charge in [-0.3, -0.25) is 0 Å². The second-order valence-corrected chi connectivity index (χ2v) is 7.53. The lowest BCUT2D eigenvalue weighted by molar-refractivity contribution is 0.260. The highest BCUT2D eigenvalue weighted by Crippen LogP contribution is 2.33. The molecule has 4 nitrogen and oxygen atoms in total. The minimum Gasteiger partial charge on any atom is -0.316 e. The van der Waals surface area contributed by atoms with Crippen LogP contribution in [-0.2, 0) is 10.0 Å². The van der Waals surface area contributed by atoms with E-state index in [2.05, 4.69) is 12.2 Å². The van der Waals surface area contributed by atoms with Crippen LogP contribution in [0, 0.1) is 5.92 Å². The van der Waals surface area contributed by atoms with Crippen LogP contribution in [0.3, 0.4) is 0 Å². The Morgan fingerprint density at radius 3 is 2.71 bits per heavy atom. The number of sulfonamides is 1. The fourth-order valence-corrected chi connectivity index (χ4v) is 4.44. The van der Waals surface area contributed by atoms with E-state index in [0.29, 0.717) is 5.92 Å². The average molecular weight is 260 g/mol. The van der Waals surface area contributed by atoms with Gasteiger partial charge in [0.15, 0.2) is 0 Å². The third-order valence-corrected chi connectivity index (χ3v) is 6.01. The van der Waals surface area contributed by atoms with Gasteiger partial charge in [-0.25, -0.2) is 12.7 Å². The molecule has 1 N–H and O–H groups in total. The molecule has 0 bridgehead atoms. The highest BCUT2D eigenvalue weighted by molar-refractivity contribution is 7.90. The minimum atomic E-state index is -2.95. The molecule has 0 radical (unpaired) electrons. The first-order chi connectivity index (χ1) is 8.14. The second-order valence-electron chi connectivity index (χ2n) is 5.31. The highest BCUT2D eigenvalue weighted by atomic mass is 32.2. The van der Waals surface area contributed by atoms with E-state index in [1.807, 2.05) is 0 Å². The van der Waals surface area contributed by atoms with Crippen molar-refractivity contribution in [3.05, 3.63) is 0 Å². The Kier molecular flexibility index (Phi) is 4.44. The van der Waals surface area contributed by atoms with Crippen LogP contribution < -0.4 is 5.32 Å². The lowest BCUT2D eigenvalue weighted by Crippen LogP contribution is -2.44. The molecule has 0 spiro atoms. The van der Waals surface area contributed by atoms with E-state index in [1.165, 1.54) is 0 Å². The third-order valence-electron chi connectivity index (χ3n) is 3.65. The summed E-state index contributed by atoms with van der Waals surface area (Å²) in [5, 5.41) is 3.35. The Labute approximate surface area is 105 Å². The maximum absolute atomic E-state index is 12.1. The topological polar surface area (TPSA) is 49.4 Å². The summed E-state index contributed by atoms with van der Waals surface area (Å²) < 4.78 is 26.0. The van der Waals surface area contributed by atoms with Gasteiger partial charge in [0, 0.05) is 13.1 Å². The van der Waals surface area contributed by atoms with Crippen LogP contribution in [0.4, 0.5) is 0 Å². The Morgan fingerprint density at radius 1 is 1.29 bits per heavy atom. The van der Waals surface area contributed by atoms with Gasteiger partial charge in [0.05, 0.1) is 5.25 Å². The predicted molar refractivity (Wildman–Crippen MR) is 69.4 cm³/mol. The summed E-state index contributed by atoms with van der Waals surface area (Å²) in [5.41, 5.74) is 0. The molecule has 2 fully saturated rings. The summed E-state index contributed by atoms with van der Waals surface area (Å²) in [4.78, 5) is 0. The van der Waals surface area contributed by atoms with Crippen molar-refractivity contribution < 1.29 is 8.42 Å². The molecule has 1 aliphatic heterocycles. The molecule has 2 aliphatic rings. The molecule has 100 valence electrons. The van der Waals surface area contributed by atoms with Gasteiger partial charge in [0.2, 0.25) is 10.0 Å². The van der Waals surface area contributed by atoms with E-state index in [9.17, 15) is 8.42 Å². The molecule has 1 atom stereocenters. The van der Waals surface area contributed by atoms with Crippen LogP contribution in [0.5, 0.6) is 0 Å². The van der Waals surface area contributed by atoms with Gasteiger partial charge in [-0.15, -0.1) is 0 Å². The first kappa shape index (κ1) is 13.3. The number of rotatable bonds is 6. The minimum absolute atomic E-state index is 0.0511. The quantitative estimate of drug-likeness (QED) is 0.730. The molecule has 0 amide bonds. The van der Waals surface area contributed by atoms with Crippen LogP contribution in [0.15, 0.2) is 0 Å². The van der Waals surface area contributed by atoms with Crippen molar-refractivity contribution in [3.63, 3.8) is 0 Å². The molecule has 0 aromatic carbocycles. The predicted octanol–water partition coefficient (Wildman–Crippen LogP) is 1.19. The molecule has 1 unspecified atom stereocenters. The van der Waals surface area contributed by atoms with E-state index in [1.54, 1.807) is 4.31 Å². The van der Waals surface area contributed by atoms with Crippen LogP contribution in [0.1, 0.15) is 39.0 Å². The average Bonchev–Trinajstić information content (AvgIpc) is 3.14. The van der Waals surface area contributed by atoms with Crippen LogP contribution in [0.2, 0.25) is 0 Å². The van der Waals surface area contributed by atoms with Gasteiger partial charge in [-0.05, 0) is 51.1 Å². The van der Waals surface area contributed by atoms with Gasteiger partial charge >= 0.3 is 0 Å². The van der Waals surface area contributed by atoms with E-state index in [-0.39, 0.29) is 5.25 Å². The molecule has 17 heavy (non-hydrogen) atoms. The van der Waals surface area contributed by atoms with Gasteiger partial charge in [-0.1, -0.05) is 6.92 Å². The fraction of sp³-hybridized carbons (Fsp3) is 1.00. The summed E-state index contributed by atoms with van der Waals surface area (Å²) in [6.45, 7) is 5.62. The number of hydrogen-bond donors (Lipinski definition) is 1. The molecule has 1 heterocycles. The van der Waals surface area contributed by atoms with Gasteiger partial charge in [0.1, 0.15) is 0 Å². The summed E-state index contributed by atoms with van der Waals surface area (Å²) in [5.74, 6) is 0.504. The van der Waals surface area contributed by atoms with E-state index in [0.717, 1.165) is 58.3 Å². The van der Waals surface area contributed by atoms with Crippen molar-refractivity contribution in [2.45, 2.75) is 44.3 Å². The molecule has 5 heteroatoms. The van der Waals surface area contributed by atoms with Crippen molar-refractivity contribution in [1.82, 2.24) is 9.62 Å². The number of nitrogens with zero attached hydrogens (tertiary/aromatic N) is 1. The fourth-order valence-electron chi connectivity index (χ4n) is 2.48. The monoisotopic (exact) mass is 260 g/mol. The lowest BCUT2D eigenvalue weighted by Gasteiger charge is -2.32. The summed E-state index contributed by atoms with van der Waals surface area (Å²) in [6, 6.07) is 0. The zero-order chi connectivity index (χ0) is 12.3. The van der Waals surface area contributed by atoms with Crippen LogP contribution in [-0.4, -0.2) is 44.2 Å². The number of hydrogen-bond acceptors (Lipinski definition) is 3. The molecule has 2 rings (SSSR count). The first-order valence-corrected chi connectivity index (χ1v) is 8.34. The third kappa shape index (κ3) is 3.42. The Morgan fingerprint density at radius 2 is 2.06 bits per heavy atom. The van der Waals surface area contributed by atoms with Gasteiger partial charge < -0.3 is 5.32 Å². The lowest BCUT2D eigenvalue weighted by atomic mass is 10.00. The number of nitrogens with one attached hydrogen (secondary N) is 1. The Bertz CT molecular complexity index is 338. The van der Waals surface area contributed by atoms with Gasteiger partial charge in [0.25, 0.3) is 0 Å². The molecule has 0 aromatic rings. The maximum Gasteiger partial charge on any atom is 0.216 e. The van der Waals surface area contributed by atoms with Crippen molar-refractivity contribution in [3.8, 4) is 0 Å². The maximum atomic E-state index is 12.1. The van der Waals surface area contributed by atoms with E-state index >= 15 is 0 Å². The second kappa shape index (κ2) is 5.67. The molecule has 1 saturated carbocycles. The largest absolute Gasteiger partial charge is 0.316 e. The normalized spacial score (nSPS) is 27.2. The van der Waals surface area contributed by atoms with Gasteiger partial charge in [-0.2, -0.15) is 0 Å². The standard InChI is InChI=1S/C12H24N2O2S/c1-2-7-13-9-11-4-3-8-14(10-11)17(15,16)12-5-6-12/h11-13H,2-10H2,1H3. The molecule has 1 saturated heterocycles. The smallest absolute Gasteiger partial charge is 0.216 e. The van der Waals surface area contributed by atoms with E-state index < -0.39 is 10.0 Å². The molecular weight excluding hydrogens is 236 g/mol. The van der Waals surface area contributed by atoms with E-state index in [4.69, 9.17) is 0 Å². The van der Waals surface area contributed by atoms with Crippen molar-refractivity contribution in [1.29, 1.82) is 0 Å². The van der Waals surface area contributed by atoms with Crippen LogP contribution in [0.25, 0.3) is 0 Å². The Balaban J connectivity index is 1.84. The van der Waals surface area contributed by atoms with Crippen molar-refractivity contribution in [2.24, 2.45) is 5.92 Å². The van der Waals surface area contributed by atoms with Crippen molar-refractivity contribution >= 4 is 10.0 Å². The SMILES string of the molecule is CCCNCC1CCCN(S(=O)(=O)C2CC2)C1. The zero-order valence-corrected chi connectivity index (χ0v) is 11.5. The molecule has 0 aromatic heterocycles. The van der Waals surface area contributed by atoms with Crippen LogP contribution >= 0.6 is 0 Å². The first-order valence-electron chi connectivity index (χ1n) is 6.84. The highest BCUT2D eigenvalue weighted by Gasteiger charge is 2.41. The summed E-state index contributed by atoms with van der Waals surface area (Å²) >= 11 is 0. The zero-order valence-electron chi connectivity index (χ0n) is 10.7. The van der Waals surface area contributed by atoms with Crippen molar-refractivity contribution in [2.75, 3.05) is 26.2 Å². The number of piperidine rings is 1. The summed E-state index contributed by atoms with van der Waals surface area (Å²) in [7, 11) is -2.95. The molecule has 1 aliphatic carbocycles. The summed E-state index contributed by atoms with van der Waals surface area (Å²) in [6.07, 6.45) is 5.06.